The van der Waals surface area contributed by atoms with Crippen LogP contribution in [0.2, 0.25) is 5.02 Å². The van der Waals surface area contributed by atoms with Crippen LogP contribution in [0.3, 0.4) is 0 Å². The van der Waals surface area contributed by atoms with Gasteiger partial charge in [-0.25, -0.2) is 4.39 Å². The number of fused-ring (bicyclic) bond motifs is 1. The van der Waals surface area contributed by atoms with Crippen molar-refractivity contribution in [1.29, 1.82) is 0 Å². The molecule has 1 unspecified atom stereocenters. The van der Waals surface area contributed by atoms with Gasteiger partial charge in [0.1, 0.15) is 5.82 Å². The first-order valence-electron chi connectivity index (χ1n) is 8.11. The summed E-state index contributed by atoms with van der Waals surface area (Å²) < 4.78 is 14.3. The zero-order valence-electron chi connectivity index (χ0n) is 12.4. The van der Waals surface area contributed by atoms with E-state index in [0.29, 0.717) is 23.2 Å². The first-order valence-corrected chi connectivity index (χ1v) is 8.49. The largest absolute Gasteiger partial charge is 0.329 e. The van der Waals surface area contributed by atoms with Crippen LogP contribution in [0.15, 0.2) is 18.2 Å². The number of nitrogens with zero attached hydrogens (tertiary/aromatic N) is 1. The van der Waals surface area contributed by atoms with E-state index in [1.807, 2.05) is 6.07 Å². The van der Waals surface area contributed by atoms with E-state index in [-0.39, 0.29) is 11.9 Å². The number of rotatable bonds is 3. The quantitative estimate of drug-likeness (QED) is 0.909. The molecule has 1 aromatic carbocycles. The lowest BCUT2D eigenvalue weighted by molar-refractivity contribution is 0.0265. The van der Waals surface area contributed by atoms with E-state index in [9.17, 15) is 4.39 Å². The molecule has 1 aliphatic heterocycles. The minimum atomic E-state index is -0.226. The van der Waals surface area contributed by atoms with Crippen molar-refractivity contribution in [3.8, 4) is 0 Å². The van der Waals surface area contributed by atoms with Gasteiger partial charge in [0.15, 0.2) is 0 Å². The average molecular weight is 311 g/mol. The first-order chi connectivity index (χ1) is 10.2. The van der Waals surface area contributed by atoms with E-state index in [4.69, 9.17) is 17.3 Å². The summed E-state index contributed by atoms with van der Waals surface area (Å²) in [5.74, 6) is 0.549. The van der Waals surface area contributed by atoms with Gasteiger partial charge in [0.2, 0.25) is 0 Å². The Morgan fingerprint density at radius 3 is 2.76 bits per heavy atom. The second-order valence-electron chi connectivity index (χ2n) is 6.41. The zero-order valence-corrected chi connectivity index (χ0v) is 13.2. The lowest BCUT2D eigenvalue weighted by Crippen LogP contribution is -2.50. The molecule has 4 heteroatoms. The van der Waals surface area contributed by atoms with Gasteiger partial charge in [-0.3, -0.25) is 4.90 Å². The third kappa shape index (κ3) is 3.10. The van der Waals surface area contributed by atoms with Crippen LogP contribution in [-0.2, 0) is 0 Å². The van der Waals surface area contributed by atoms with Gasteiger partial charge in [-0.1, -0.05) is 30.5 Å². The summed E-state index contributed by atoms with van der Waals surface area (Å²) in [6.45, 7) is 1.49. The highest BCUT2D eigenvalue weighted by Crippen LogP contribution is 2.39. The summed E-state index contributed by atoms with van der Waals surface area (Å²) in [5, 5.41) is 0.446. The van der Waals surface area contributed by atoms with Crippen LogP contribution in [0.4, 0.5) is 4.39 Å². The number of hydrogen-bond donors (Lipinski definition) is 1. The molecule has 0 amide bonds. The summed E-state index contributed by atoms with van der Waals surface area (Å²) in [7, 11) is 0. The van der Waals surface area contributed by atoms with Crippen LogP contribution in [0, 0.1) is 11.7 Å². The van der Waals surface area contributed by atoms with Crippen molar-refractivity contribution in [2.45, 2.75) is 50.6 Å². The first kappa shape index (κ1) is 15.3. The fourth-order valence-corrected chi connectivity index (χ4v) is 4.42. The van der Waals surface area contributed by atoms with E-state index >= 15 is 0 Å². The Hall–Kier alpha value is -0.640. The molecule has 1 aromatic rings. The van der Waals surface area contributed by atoms with E-state index in [1.54, 1.807) is 6.07 Å². The van der Waals surface area contributed by atoms with Crippen molar-refractivity contribution in [2.24, 2.45) is 11.7 Å². The van der Waals surface area contributed by atoms with Crippen LogP contribution in [0.5, 0.6) is 0 Å². The van der Waals surface area contributed by atoms with E-state index in [2.05, 4.69) is 4.90 Å². The molecule has 116 valence electrons. The molecular formula is C17H24ClFN2. The Morgan fingerprint density at radius 1 is 1.24 bits per heavy atom. The molecule has 1 aliphatic carbocycles. The van der Waals surface area contributed by atoms with Crippen molar-refractivity contribution in [1.82, 2.24) is 4.90 Å². The topological polar surface area (TPSA) is 29.3 Å². The maximum atomic E-state index is 14.3. The average Bonchev–Trinajstić information content (AvgIpc) is 2.50. The number of piperidine rings is 1. The molecule has 3 rings (SSSR count). The summed E-state index contributed by atoms with van der Waals surface area (Å²) in [4.78, 5) is 2.47. The number of benzene rings is 1. The SMILES string of the molecule is NCC(c1ccc(Cl)cc1F)N1CCC[C@H]2CCCC[C@H]21. The van der Waals surface area contributed by atoms with Gasteiger partial charge in [-0.2, -0.15) is 0 Å². The maximum Gasteiger partial charge on any atom is 0.129 e. The summed E-state index contributed by atoms with van der Waals surface area (Å²) in [5.41, 5.74) is 6.73. The standard InChI is InChI=1S/C17H24ClFN2/c18-13-7-8-14(15(19)10-13)17(11-20)21-9-3-5-12-4-1-2-6-16(12)21/h7-8,10,12,16-17H,1-6,9,11,20H2/t12-,16-,17?/m1/s1. The van der Waals surface area contributed by atoms with Crippen LogP contribution in [0.1, 0.15) is 50.1 Å². The summed E-state index contributed by atoms with van der Waals surface area (Å²) >= 11 is 5.88. The van der Waals surface area contributed by atoms with Gasteiger partial charge in [-0.05, 0) is 50.3 Å². The highest BCUT2D eigenvalue weighted by atomic mass is 35.5. The Bertz CT molecular complexity index is 492. The molecule has 2 fully saturated rings. The lowest BCUT2D eigenvalue weighted by Gasteiger charge is -2.47. The molecule has 2 aliphatic rings. The minimum absolute atomic E-state index is 0.0202. The summed E-state index contributed by atoms with van der Waals surface area (Å²) in [6, 6.07) is 5.54. The lowest BCUT2D eigenvalue weighted by atomic mass is 9.77. The van der Waals surface area contributed by atoms with Crippen molar-refractivity contribution in [2.75, 3.05) is 13.1 Å². The number of halogens is 2. The van der Waals surface area contributed by atoms with Gasteiger partial charge in [-0.15, -0.1) is 0 Å². The predicted octanol–water partition coefficient (Wildman–Crippen LogP) is 4.13. The van der Waals surface area contributed by atoms with Crippen molar-refractivity contribution >= 4 is 11.6 Å². The second-order valence-corrected chi connectivity index (χ2v) is 6.85. The fourth-order valence-electron chi connectivity index (χ4n) is 4.26. The highest BCUT2D eigenvalue weighted by Gasteiger charge is 2.37. The molecule has 21 heavy (non-hydrogen) atoms. The molecule has 1 saturated heterocycles. The second kappa shape index (κ2) is 6.64. The minimum Gasteiger partial charge on any atom is -0.329 e. The normalized spacial score (nSPS) is 28.1. The Kier molecular flexibility index (Phi) is 4.82. The van der Waals surface area contributed by atoms with Gasteiger partial charge in [0, 0.05) is 23.2 Å². The van der Waals surface area contributed by atoms with E-state index in [1.165, 1.54) is 44.6 Å². The Morgan fingerprint density at radius 2 is 2.00 bits per heavy atom. The number of nitrogens with two attached hydrogens (primary N) is 1. The maximum absolute atomic E-state index is 14.3. The van der Waals surface area contributed by atoms with Gasteiger partial charge in [0.05, 0.1) is 6.04 Å². The molecule has 2 nitrogen and oxygen atoms in total. The summed E-state index contributed by atoms with van der Waals surface area (Å²) in [6.07, 6.45) is 7.71. The smallest absolute Gasteiger partial charge is 0.129 e. The van der Waals surface area contributed by atoms with Crippen molar-refractivity contribution in [3.05, 3.63) is 34.6 Å². The van der Waals surface area contributed by atoms with Crippen LogP contribution < -0.4 is 5.73 Å². The fraction of sp³-hybridized carbons (Fsp3) is 0.647. The predicted molar refractivity (Wildman–Crippen MR) is 84.9 cm³/mol. The number of likely N-dealkylation sites (tertiary alicyclic amines) is 1. The van der Waals surface area contributed by atoms with Crippen molar-refractivity contribution < 1.29 is 4.39 Å². The molecule has 0 aromatic heterocycles. The molecule has 0 radical (unpaired) electrons. The van der Waals surface area contributed by atoms with Gasteiger partial charge in [0.25, 0.3) is 0 Å². The Labute approximate surface area is 131 Å². The van der Waals surface area contributed by atoms with Gasteiger partial charge >= 0.3 is 0 Å². The third-order valence-electron chi connectivity index (χ3n) is 5.23. The molecule has 2 N–H and O–H groups in total. The molecule has 0 bridgehead atoms. The van der Waals surface area contributed by atoms with Gasteiger partial charge < -0.3 is 5.73 Å². The monoisotopic (exact) mass is 310 g/mol. The van der Waals surface area contributed by atoms with Crippen LogP contribution in [-0.4, -0.2) is 24.0 Å². The molecular weight excluding hydrogens is 287 g/mol. The molecule has 0 spiro atoms. The third-order valence-corrected chi connectivity index (χ3v) is 5.47. The van der Waals surface area contributed by atoms with Crippen molar-refractivity contribution in [3.63, 3.8) is 0 Å². The molecule has 1 heterocycles. The van der Waals surface area contributed by atoms with Crippen LogP contribution in [0.25, 0.3) is 0 Å². The Balaban J connectivity index is 1.87. The highest BCUT2D eigenvalue weighted by molar-refractivity contribution is 6.30. The molecule has 3 atom stereocenters. The van der Waals surface area contributed by atoms with Crippen LogP contribution >= 0.6 is 11.6 Å². The van der Waals surface area contributed by atoms with E-state index in [0.717, 1.165) is 12.5 Å². The zero-order chi connectivity index (χ0) is 14.8. The number of hydrogen-bond acceptors (Lipinski definition) is 2. The van der Waals surface area contributed by atoms with E-state index < -0.39 is 0 Å². The molecule has 1 saturated carbocycles.